The molecule has 0 unspecified atom stereocenters. The molecule has 5 heterocycles. The van der Waals surface area contributed by atoms with Crippen molar-refractivity contribution in [1.82, 2.24) is 34.8 Å². The Labute approximate surface area is 244 Å². The minimum atomic E-state index is 0.666. The van der Waals surface area contributed by atoms with Crippen LogP contribution in [0.4, 0.5) is 17.5 Å². The highest BCUT2D eigenvalue weighted by Gasteiger charge is 2.18. The van der Waals surface area contributed by atoms with Crippen molar-refractivity contribution in [3.63, 3.8) is 0 Å². The molecule has 216 valence electrons. The third kappa shape index (κ3) is 5.71. The van der Waals surface area contributed by atoms with Crippen LogP contribution in [0.2, 0.25) is 0 Å². The number of benzene rings is 2. The lowest BCUT2D eigenvalue weighted by Crippen LogP contribution is -2.37. The standard InChI is InChI=1S/C31H35N9O2/c1-38-29-20-23(4-7-25(29)27(37-38)9-11-39-12-16-41-17-13-39)28-21-30(35-31(34-28)40-14-18-42-19-15-40)33-24-5-2-22(3-6-24)26-8-10-32-36-26/h2-8,10,20-21H,9,11-19H2,1H3,(H,32,36)(H,33,34,35). The van der Waals surface area contributed by atoms with Gasteiger partial charge in [-0.15, -0.1) is 0 Å². The van der Waals surface area contributed by atoms with Crippen molar-refractivity contribution in [1.29, 1.82) is 0 Å². The van der Waals surface area contributed by atoms with Gasteiger partial charge in [0.05, 0.1) is 49.0 Å². The van der Waals surface area contributed by atoms with Crippen molar-refractivity contribution in [2.24, 2.45) is 7.05 Å². The molecule has 5 aromatic rings. The maximum absolute atomic E-state index is 5.59. The summed E-state index contributed by atoms with van der Waals surface area (Å²) in [7, 11) is 2.02. The van der Waals surface area contributed by atoms with Gasteiger partial charge in [-0.1, -0.05) is 24.3 Å². The molecule has 0 bridgehead atoms. The van der Waals surface area contributed by atoms with E-state index in [4.69, 9.17) is 24.5 Å². The number of hydrogen-bond donors (Lipinski definition) is 2. The summed E-state index contributed by atoms with van der Waals surface area (Å²) in [4.78, 5) is 14.6. The number of anilines is 3. The van der Waals surface area contributed by atoms with Gasteiger partial charge >= 0.3 is 0 Å². The van der Waals surface area contributed by atoms with Gasteiger partial charge in [0, 0.05) is 75.1 Å². The van der Waals surface area contributed by atoms with E-state index in [0.717, 1.165) is 97.6 Å². The Bertz CT molecular complexity index is 1640. The van der Waals surface area contributed by atoms with E-state index in [9.17, 15) is 0 Å². The van der Waals surface area contributed by atoms with Gasteiger partial charge in [-0.3, -0.25) is 14.7 Å². The summed E-state index contributed by atoms with van der Waals surface area (Å²) < 4.78 is 13.1. The smallest absolute Gasteiger partial charge is 0.228 e. The van der Waals surface area contributed by atoms with E-state index in [2.05, 4.69) is 55.6 Å². The number of aromatic amines is 1. The van der Waals surface area contributed by atoms with E-state index in [1.807, 2.05) is 36.0 Å². The Morgan fingerprint density at radius 2 is 1.62 bits per heavy atom. The maximum Gasteiger partial charge on any atom is 0.228 e. The van der Waals surface area contributed by atoms with Crippen molar-refractivity contribution in [3.05, 3.63) is 66.5 Å². The van der Waals surface area contributed by atoms with Crippen molar-refractivity contribution in [3.8, 4) is 22.5 Å². The average molecular weight is 566 g/mol. The molecular weight excluding hydrogens is 530 g/mol. The Kier molecular flexibility index (Phi) is 7.52. The Morgan fingerprint density at radius 3 is 2.38 bits per heavy atom. The molecule has 0 amide bonds. The zero-order valence-corrected chi connectivity index (χ0v) is 23.8. The van der Waals surface area contributed by atoms with Crippen molar-refractivity contribution in [2.75, 3.05) is 69.4 Å². The van der Waals surface area contributed by atoms with Crippen molar-refractivity contribution < 1.29 is 9.47 Å². The molecule has 2 saturated heterocycles. The summed E-state index contributed by atoms with van der Waals surface area (Å²) in [6.45, 7) is 7.43. The highest BCUT2D eigenvalue weighted by atomic mass is 16.5. The molecule has 0 radical (unpaired) electrons. The fourth-order valence-corrected chi connectivity index (χ4v) is 5.61. The van der Waals surface area contributed by atoms with Crippen LogP contribution in [0.3, 0.4) is 0 Å². The number of nitrogens with one attached hydrogen (secondary N) is 2. The molecule has 2 aliphatic heterocycles. The predicted octanol–water partition coefficient (Wildman–Crippen LogP) is 3.88. The minimum absolute atomic E-state index is 0.666. The second kappa shape index (κ2) is 11.9. The quantitative estimate of drug-likeness (QED) is 0.290. The van der Waals surface area contributed by atoms with Gasteiger partial charge in [-0.05, 0) is 29.8 Å². The lowest BCUT2D eigenvalue weighted by atomic mass is 10.1. The highest BCUT2D eigenvalue weighted by molar-refractivity contribution is 5.87. The van der Waals surface area contributed by atoms with Crippen LogP contribution in [0.1, 0.15) is 5.69 Å². The summed E-state index contributed by atoms with van der Waals surface area (Å²) in [5.41, 5.74) is 7.12. The van der Waals surface area contributed by atoms with E-state index < -0.39 is 0 Å². The molecule has 0 atom stereocenters. The van der Waals surface area contributed by atoms with Crippen LogP contribution in [0.5, 0.6) is 0 Å². The zero-order chi connectivity index (χ0) is 28.3. The lowest BCUT2D eigenvalue weighted by Gasteiger charge is -2.27. The fourth-order valence-electron chi connectivity index (χ4n) is 5.61. The molecule has 42 heavy (non-hydrogen) atoms. The normalized spacial score (nSPS) is 16.3. The summed E-state index contributed by atoms with van der Waals surface area (Å²) >= 11 is 0. The Morgan fingerprint density at radius 1 is 0.857 bits per heavy atom. The highest BCUT2D eigenvalue weighted by Crippen LogP contribution is 2.30. The first-order chi connectivity index (χ1) is 20.7. The topological polar surface area (TPSA) is 109 Å². The number of aromatic nitrogens is 6. The van der Waals surface area contributed by atoms with Gasteiger partial charge in [0.2, 0.25) is 5.95 Å². The van der Waals surface area contributed by atoms with Crippen LogP contribution >= 0.6 is 0 Å². The predicted molar refractivity (Wildman–Crippen MR) is 163 cm³/mol. The van der Waals surface area contributed by atoms with Crippen LogP contribution < -0.4 is 10.2 Å². The van der Waals surface area contributed by atoms with E-state index in [-0.39, 0.29) is 0 Å². The van der Waals surface area contributed by atoms with E-state index in [0.29, 0.717) is 19.2 Å². The van der Waals surface area contributed by atoms with Gasteiger partial charge in [0.25, 0.3) is 0 Å². The van der Waals surface area contributed by atoms with Gasteiger partial charge in [-0.2, -0.15) is 15.2 Å². The molecule has 0 aliphatic carbocycles. The summed E-state index contributed by atoms with van der Waals surface area (Å²) in [6.07, 6.45) is 2.67. The fraction of sp³-hybridized carbons (Fsp3) is 0.355. The third-order valence-electron chi connectivity index (χ3n) is 7.97. The molecule has 2 aromatic carbocycles. The first kappa shape index (κ1) is 26.6. The molecule has 2 fully saturated rings. The van der Waals surface area contributed by atoms with Crippen LogP contribution in [0, 0.1) is 0 Å². The first-order valence-electron chi connectivity index (χ1n) is 14.5. The number of ether oxygens (including phenoxy) is 2. The monoisotopic (exact) mass is 565 g/mol. The third-order valence-corrected chi connectivity index (χ3v) is 7.97. The number of fused-ring (bicyclic) bond motifs is 1. The molecule has 11 nitrogen and oxygen atoms in total. The minimum Gasteiger partial charge on any atom is -0.379 e. The number of nitrogens with zero attached hydrogens (tertiary/aromatic N) is 7. The largest absolute Gasteiger partial charge is 0.379 e. The molecule has 0 saturated carbocycles. The SMILES string of the molecule is Cn1nc(CCN2CCOCC2)c2ccc(-c3cc(Nc4ccc(-c5ccn[nH]5)cc4)nc(N4CCOCC4)n3)cc21. The Balaban J connectivity index is 1.18. The lowest BCUT2D eigenvalue weighted by molar-refractivity contribution is 0.0383. The maximum atomic E-state index is 5.59. The van der Waals surface area contributed by atoms with Gasteiger partial charge in [0.15, 0.2) is 0 Å². The number of H-pyrrole nitrogens is 1. The number of hydrogen-bond acceptors (Lipinski definition) is 9. The van der Waals surface area contributed by atoms with E-state index in [1.165, 1.54) is 5.39 Å². The molecule has 2 N–H and O–H groups in total. The van der Waals surface area contributed by atoms with Crippen LogP contribution in [-0.4, -0.2) is 94.0 Å². The first-order valence-corrected chi connectivity index (χ1v) is 14.5. The zero-order valence-electron chi connectivity index (χ0n) is 23.8. The van der Waals surface area contributed by atoms with Gasteiger partial charge in [0.1, 0.15) is 5.82 Å². The van der Waals surface area contributed by atoms with Crippen LogP contribution in [0.15, 0.2) is 60.8 Å². The summed E-state index contributed by atoms with van der Waals surface area (Å²) in [5, 5.41) is 16.6. The van der Waals surface area contributed by atoms with Crippen LogP contribution in [0.25, 0.3) is 33.4 Å². The molecule has 3 aromatic heterocycles. The second-order valence-corrected chi connectivity index (χ2v) is 10.7. The van der Waals surface area contributed by atoms with E-state index in [1.54, 1.807) is 6.20 Å². The Hall–Kier alpha value is -4.32. The number of rotatable bonds is 8. The van der Waals surface area contributed by atoms with Crippen LogP contribution in [-0.2, 0) is 22.9 Å². The second-order valence-electron chi connectivity index (χ2n) is 10.7. The van der Waals surface area contributed by atoms with Gasteiger partial charge in [-0.25, -0.2) is 4.98 Å². The van der Waals surface area contributed by atoms with E-state index >= 15 is 0 Å². The van der Waals surface area contributed by atoms with Crippen molar-refractivity contribution in [2.45, 2.75) is 6.42 Å². The molecular formula is C31H35N9O2. The summed E-state index contributed by atoms with van der Waals surface area (Å²) in [5.74, 6) is 1.44. The molecule has 2 aliphatic rings. The molecule has 0 spiro atoms. The summed E-state index contributed by atoms with van der Waals surface area (Å²) in [6, 6.07) is 18.7. The molecule has 11 heteroatoms. The van der Waals surface area contributed by atoms with Crippen molar-refractivity contribution >= 4 is 28.4 Å². The number of morpholine rings is 2. The van der Waals surface area contributed by atoms with Gasteiger partial charge < -0.3 is 19.7 Å². The average Bonchev–Trinajstić information content (AvgIpc) is 3.69. The number of aryl methyl sites for hydroxylation is 1. The molecule has 7 rings (SSSR count).